The largest absolute Gasteiger partial charge is 0.372 e. The molecule has 6 heteroatoms. The SMILES string of the molecule is CNc1nc(NC2(C)CCNC2)nc2nc(C)cc(C)c12. The van der Waals surface area contributed by atoms with Gasteiger partial charge in [0.05, 0.1) is 10.9 Å². The molecular formula is C15H22N6. The Labute approximate surface area is 124 Å². The fourth-order valence-corrected chi connectivity index (χ4v) is 2.91. The highest BCUT2D eigenvalue weighted by Crippen LogP contribution is 2.26. The quantitative estimate of drug-likeness (QED) is 0.799. The molecule has 1 aliphatic rings. The van der Waals surface area contributed by atoms with Crippen LogP contribution in [0.25, 0.3) is 11.0 Å². The van der Waals surface area contributed by atoms with Gasteiger partial charge in [-0.3, -0.25) is 0 Å². The maximum Gasteiger partial charge on any atom is 0.227 e. The van der Waals surface area contributed by atoms with Crippen molar-refractivity contribution in [1.82, 2.24) is 20.3 Å². The Balaban J connectivity index is 2.08. The number of rotatable bonds is 3. The summed E-state index contributed by atoms with van der Waals surface area (Å²) in [6, 6.07) is 2.06. The zero-order valence-electron chi connectivity index (χ0n) is 13.0. The Morgan fingerprint density at radius 1 is 1.24 bits per heavy atom. The average molecular weight is 286 g/mol. The highest BCUT2D eigenvalue weighted by atomic mass is 15.2. The second-order valence-corrected chi connectivity index (χ2v) is 6.04. The molecule has 0 saturated carbocycles. The van der Waals surface area contributed by atoms with E-state index in [1.54, 1.807) is 0 Å². The van der Waals surface area contributed by atoms with Crippen molar-refractivity contribution in [3.8, 4) is 0 Å². The first-order valence-electron chi connectivity index (χ1n) is 7.33. The first-order chi connectivity index (χ1) is 10.0. The number of fused-ring (bicyclic) bond motifs is 1. The molecule has 0 amide bonds. The number of pyridine rings is 1. The van der Waals surface area contributed by atoms with Crippen LogP contribution >= 0.6 is 0 Å². The molecule has 6 nitrogen and oxygen atoms in total. The number of nitrogens with one attached hydrogen (secondary N) is 3. The van der Waals surface area contributed by atoms with Gasteiger partial charge in [0.15, 0.2) is 5.65 Å². The summed E-state index contributed by atoms with van der Waals surface area (Å²) in [5.74, 6) is 1.46. The van der Waals surface area contributed by atoms with Gasteiger partial charge in [-0.05, 0) is 45.4 Å². The molecule has 2 aromatic rings. The molecule has 21 heavy (non-hydrogen) atoms. The van der Waals surface area contributed by atoms with Crippen molar-refractivity contribution in [2.24, 2.45) is 0 Å². The lowest BCUT2D eigenvalue weighted by molar-refractivity contribution is 0.561. The van der Waals surface area contributed by atoms with Crippen LogP contribution in [0.3, 0.4) is 0 Å². The molecule has 0 radical (unpaired) electrons. The van der Waals surface area contributed by atoms with Crippen LogP contribution in [0.2, 0.25) is 0 Å². The summed E-state index contributed by atoms with van der Waals surface area (Å²) in [7, 11) is 1.88. The van der Waals surface area contributed by atoms with Gasteiger partial charge >= 0.3 is 0 Å². The lowest BCUT2D eigenvalue weighted by Gasteiger charge is -2.24. The summed E-state index contributed by atoms with van der Waals surface area (Å²) in [5.41, 5.74) is 2.85. The number of nitrogens with zero attached hydrogens (tertiary/aromatic N) is 3. The second-order valence-electron chi connectivity index (χ2n) is 6.04. The standard InChI is InChI=1S/C15H22N6/c1-9-7-10(2)18-13-11(9)12(16-4)19-14(20-13)21-15(3)5-6-17-8-15/h7,17H,5-6,8H2,1-4H3,(H2,16,18,19,20,21). The van der Waals surface area contributed by atoms with Gasteiger partial charge in [0, 0.05) is 19.3 Å². The molecule has 0 aromatic carbocycles. The van der Waals surface area contributed by atoms with Gasteiger partial charge in [-0.25, -0.2) is 4.98 Å². The molecule has 1 aliphatic heterocycles. The zero-order valence-corrected chi connectivity index (χ0v) is 13.0. The van der Waals surface area contributed by atoms with Gasteiger partial charge in [-0.1, -0.05) is 0 Å². The van der Waals surface area contributed by atoms with Crippen molar-refractivity contribution < 1.29 is 0 Å². The molecule has 0 bridgehead atoms. The molecule has 3 rings (SSSR count). The summed E-state index contributed by atoms with van der Waals surface area (Å²) < 4.78 is 0. The Bertz CT molecular complexity index is 675. The number of anilines is 2. The fourth-order valence-electron chi connectivity index (χ4n) is 2.91. The minimum Gasteiger partial charge on any atom is -0.372 e. The maximum absolute atomic E-state index is 4.62. The van der Waals surface area contributed by atoms with Crippen molar-refractivity contribution in [3.63, 3.8) is 0 Å². The van der Waals surface area contributed by atoms with E-state index in [0.29, 0.717) is 5.95 Å². The summed E-state index contributed by atoms with van der Waals surface area (Å²) in [4.78, 5) is 13.8. The van der Waals surface area contributed by atoms with Crippen molar-refractivity contribution >= 4 is 22.8 Å². The lowest BCUT2D eigenvalue weighted by atomic mass is 10.0. The summed E-state index contributed by atoms with van der Waals surface area (Å²) >= 11 is 0. The highest BCUT2D eigenvalue weighted by molar-refractivity contribution is 5.90. The van der Waals surface area contributed by atoms with Gasteiger partial charge in [0.25, 0.3) is 0 Å². The van der Waals surface area contributed by atoms with E-state index in [2.05, 4.69) is 50.8 Å². The molecule has 1 unspecified atom stereocenters. The third kappa shape index (κ3) is 2.63. The number of hydrogen-bond acceptors (Lipinski definition) is 6. The smallest absolute Gasteiger partial charge is 0.227 e. The van der Waals surface area contributed by atoms with Crippen molar-refractivity contribution in [2.45, 2.75) is 32.7 Å². The maximum atomic E-state index is 4.62. The fraction of sp³-hybridized carbons (Fsp3) is 0.533. The lowest BCUT2D eigenvalue weighted by Crippen LogP contribution is -2.37. The molecule has 1 fully saturated rings. The predicted octanol–water partition coefficient (Wildman–Crippen LogP) is 1.85. The van der Waals surface area contributed by atoms with Crippen LogP contribution in [-0.2, 0) is 0 Å². The minimum atomic E-state index is -0.00242. The van der Waals surface area contributed by atoms with Crippen LogP contribution in [0.1, 0.15) is 24.6 Å². The van der Waals surface area contributed by atoms with E-state index in [4.69, 9.17) is 0 Å². The second kappa shape index (κ2) is 5.11. The van der Waals surface area contributed by atoms with Crippen LogP contribution in [0.5, 0.6) is 0 Å². The molecule has 0 aliphatic carbocycles. The third-order valence-electron chi connectivity index (χ3n) is 4.01. The van der Waals surface area contributed by atoms with Gasteiger partial charge in [0.1, 0.15) is 5.82 Å². The molecule has 2 aromatic heterocycles. The van der Waals surface area contributed by atoms with Crippen molar-refractivity contribution in [1.29, 1.82) is 0 Å². The van der Waals surface area contributed by atoms with Crippen LogP contribution in [-0.4, -0.2) is 40.6 Å². The normalized spacial score (nSPS) is 21.7. The third-order valence-corrected chi connectivity index (χ3v) is 4.01. The molecule has 112 valence electrons. The molecule has 3 heterocycles. The van der Waals surface area contributed by atoms with E-state index in [-0.39, 0.29) is 5.54 Å². The van der Waals surface area contributed by atoms with Crippen LogP contribution < -0.4 is 16.0 Å². The average Bonchev–Trinajstić information content (AvgIpc) is 2.83. The summed E-state index contributed by atoms with van der Waals surface area (Å²) in [5, 5.41) is 11.0. The Kier molecular flexibility index (Phi) is 3.41. The van der Waals surface area contributed by atoms with E-state index in [1.165, 1.54) is 0 Å². The van der Waals surface area contributed by atoms with E-state index in [1.807, 2.05) is 14.0 Å². The number of aromatic nitrogens is 3. The number of hydrogen-bond donors (Lipinski definition) is 3. The summed E-state index contributed by atoms with van der Waals surface area (Å²) in [6.07, 6.45) is 1.06. The van der Waals surface area contributed by atoms with Gasteiger partial charge in [-0.15, -0.1) is 0 Å². The van der Waals surface area contributed by atoms with E-state index >= 15 is 0 Å². The van der Waals surface area contributed by atoms with E-state index in [9.17, 15) is 0 Å². The van der Waals surface area contributed by atoms with Crippen LogP contribution in [0.15, 0.2) is 6.07 Å². The summed E-state index contributed by atoms with van der Waals surface area (Å²) in [6.45, 7) is 8.18. The molecule has 1 atom stereocenters. The van der Waals surface area contributed by atoms with Crippen molar-refractivity contribution in [3.05, 3.63) is 17.3 Å². The Hall–Kier alpha value is -1.95. The number of aryl methyl sites for hydroxylation is 2. The monoisotopic (exact) mass is 286 g/mol. The van der Waals surface area contributed by atoms with Gasteiger partial charge in [0.2, 0.25) is 5.95 Å². The van der Waals surface area contributed by atoms with Crippen LogP contribution in [0, 0.1) is 13.8 Å². The van der Waals surface area contributed by atoms with Gasteiger partial charge in [-0.2, -0.15) is 9.97 Å². The predicted molar refractivity (Wildman–Crippen MR) is 85.9 cm³/mol. The zero-order chi connectivity index (χ0) is 15.0. The first-order valence-corrected chi connectivity index (χ1v) is 7.33. The van der Waals surface area contributed by atoms with Gasteiger partial charge < -0.3 is 16.0 Å². The van der Waals surface area contributed by atoms with E-state index < -0.39 is 0 Å². The Morgan fingerprint density at radius 3 is 2.71 bits per heavy atom. The Morgan fingerprint density at radius 2 is 2.05 bits per heavy atom. The minimum absolute atomic E-state index is 0.00242. The molecule has 1 saturated heterocycles. The molecular weight excluding hydrogens is 264 g/mol. The first kappa shape index (κ1) is 14.0. The van der Waals surface area contributed by atoms with Crippen LogP contribution in [0.4, 0.5) is 11.8 Å². The highest BCUT2D eigenvalue weighted by Gasteiger charge is 2.29. The molecule has 0 spiro atoms. The topological polar surface area (TPSA) is 74.8 Å². The van der Waals surface area contributed by atoms with Crippen molar-refractivity contribution in [2.75, 3.05) is 30.8 Å². The van der Waals surface area contributed by atoms with E-state index in [0.717, 1.165) is 47.6 Å². The molecule has 3 N–H and O–H groups in total.